The van der Waals surface area contributed by atoms with E-state index in [-0.39, 0.29) is 17.3 Å². The number of hydrogen-bond donors (Lipinski definition) is 1. The Morgan fingerprint density at radius 1 is 1.00 bits per heavy atom. The number of carboxylic acids is 1. The summed E-state index contributed by atoms with van der Waals surface area (Å²) in [5.74, 6) is -0.413. The van der Waals surface area contributed by atoms with Crippen LogP contribution in [0.5, 0.6) is 5.75 Å². The second-order valence-corrected chi connectivity index (χ2v) is 14.3. The lowest BCUT2D eigenvalue weighted by molar-refractivity contribution is 0.0689. The molecular weight excluding hydrogens is 490 g/mol. The van der Waals surface area contributed by atoms with E-state index in [0.717, 1.165) is 0 Å². The molecule has 0 spiro atoms. The Labute approximate surface area is 216 Å². The van der Waals surface area contributed by atoms with Crippen LogP contribution in [0, 0.1) is 0 Å². The van der Waals surface area contributed by atoms with Gasteiger partial charge in [-0.05, 0) is 33.6 Å². The molecule has 0 saturated carbocycles. The van der Waals surface area contributed by atoms with Crippen molar-refractivity contribution in [3.05, 3.63) is 102 Å². The maximum atomic E-state index is 11.6. The van der Waals surface area contributed by atoms with Crippen molar-refractivity contribution in [3.8, 4) is 11.4 Å². The molecule has 6 nitrogen and oxygen atoms in total. The van der Waals surface area contributed by atoms with E-state index in [0.29, 0.717) is 27.9 Å². The van der Waals surface area contributed by atoms with Crippen LogP contribution in [0.25, 0.3) is 5.69 Å². The summed E-state index contributed by atoms with van der Waals surface area (Å²) in [5.41, 5.74) is 1.84. The summed E-state index contributed by atoms with van der Waals surface area (Å²) in [5, 5.41) is 12.0. The highest BCUT2D eigenvalue weighted by atomic mass is 35.5. The lowest BCUT2D eigenvalue weighted by Gasteiger charge is -2.43. The monoisotopic (exact) mass is 515 g/mol. The van der Waals surface area contributed by atoms with Gasteiger partial charge in [-0.25, -0.2) is 9.78 Å². The molecule has 0 unspecified atom stereocenters. The largest absolute Gasteiger partial charge is 0.534 e. The molecule has 8 heteroatoms. The predicted octanol–water partition coefficient (Wildman–Crippen LogP) is 5.01. The number of aromatic carboxylic acids is 1. The van der Waals surface area contributed by atoms with Crippen LogP contribution in [-0.2, 0) is 6.54 Å². The third-order valence-electron chi connectivity index (χ3n) is 6.57. The van der Waals surface area contributed by atoms with Crippen molar-refractivity contribution in [1.82, 2.24) is 9.55 Å². The molecule has 2 heterocycles. The van der Waals surface area contributed by atoms with Crippen molar-refractivity contribution >= 4 is 41.4 Å². The number of benzene rings is 3. The predicted molar refractivity (Wildman–Crippen MR) is 145 cm³/mol. The van der Waals surface area contributed by atoms with E-state index in [1.807, 2.05) is 30.3 Å². The number of fused-ring (bicyclic) bond motifs is 3. The summed E-state index contributed by atoms with van der Waals surface area (Å²) in [4.78, 5) is 20.2. The summed E-state index contributed by atoms with van der Waals surface area (Å²) >= 11 is 6.62. The molecule has 182 valence electrons. The standard InChI is InChI=1S/C28H26ClN3O3Si/c1-28(2,3)36(20-10-6-4-7-11-20,21-12-8-5-9-13-21)35-19-14-15-23-22(16-19)26(29)30-17-24-25(27(33)34)31-18-32(23)24/h4-16,18H,17H2,1-3H3,(H,33,34). The van der Waals surface area contributed by atoms with E-state index in [4.69, 9.17) is 16.0 Å². The van der Waals surface area contributed by atoms with E-state index in [1.54, 1.807) is 4.57 Å². The summed E-state index contributed by atoms with van der Waals surface area (Å²) in [7, 11) is -2.83. The quantitative estimate of drug-likeness (QED) is 0.379. The van der Waals surface area contributed by atoms with E-state index in [1.165, 1.54) is 16.7 Å². The van der Waals surface area contributed by atoms with Crippen molar-refractivity contribution in [2.24, 2.45) is 4.99 Å². The van der Waals surface area contributed by atoms with Crippen LogP contribution in [0.1, 0.15) is 42.5 Å². The normalized spacial score (nSPS) is 13.3. The zero-order valence-corrected chi connectivity index (χ0v) is 22.0. The van der Waals surface area contributed by atoms with Gasteiger partial charge in [-0.2, -0.15) is 0 Å². The molecule has 0 amide bonds. The topological polar surface area (TPSA) is 76.7 Å². The van der Waals surface area contributed by atoms with Crippen LogP contribution < -0.4 is 14.8 Å². The first-order chi connectivity index (χ1) is 17.2. The van der Waals surface area contributed by atoms with Gasteiger partial charge in [-0.15, -0.1) is 0 Å². The fourth-order valence-electron chi connectivity index (χ4n) is 4.92. The maximum absolute atomic E-state index is 11.6. The van der Waals surface area contributed by atoms with Gasteiger partial charge in [0, 0.05) is 5.56 Å². The summed E-state index contributed by atoms with van der Waals surface area (Å²) in [6.45, 7) is 6.80. The minimum absolute atomic E-state index is 0.0243. The van der Waals surface area contributed by atoms with Crippen molar-refractivity contribution < 1.29 is 14.3 Å². The Balaban J connectivity index is 1.68. The van der Waals surface area contributed by atoms with Gasteiger partial charge in [0.05, 0.1) is 17.9 Å². The number of rotatable bonds is 5. The second kappa shape index (κ2) is 9.08. The Hall–Kier alpha value is -3.68. The number of hydrogen-bond acceptors (Lipinski definition) is 4. The number of carboxylic acid groups (broad SMARTS) is 1. The molecule has 1 aromatic heterocycles. The minimum Gasteiger partial charge on any atom is -0.534 e. The lowest BCUT2D eigenvalue weighted by Crippen LogP contribution is -2.68. The van der Waals surface area contributed by atoms with Crippen LogP contribution in [0.3, 0.4) is 0 Å². The molecule has 5 rings (SSSR count). The average molecular weight is 516 g/mol. The summed E-state index contributed by atoms with van der Waals surface area (Å²) in [6.07, 6.45) is 1.51. The molecule has 36 heavy (non-hydrogen) atoms. The molecule has 0 fully saturated rings. The maximum Gasteiger partial charge on any atom is 0.356 e. The van der Waals surface area contributed by atoms with Crippen LogP contribution in [-0.4, -0.2) is 34.1 Å². The molecule has 0 atom stereocenters. The van der Waals surface area contributed by atoms with Gasteiger partial charge in [0.15, 0.2) is 5.69 Å². The van der Waals surface area contributed by atoms with Crippen LogP contribution >= 0.6 is 11.6 Å². The van der Waals surface area contributed by atoms with Gasteiger partial charge >= 0.3 is 14.3 Å². The Kier molecular flexibility index (Phi) is 6.06. The van der Waals surface area contributed by atoms with Crippen LogP contribution in [0.2, 0.25) is 5.04 Å². The number of carbonyl (C=O) groups is 1. The van der Waals surface area contributed by atoms with E-state index >= 15 is 0 Å². The van der Waals surface area contributed by atoms with Crippen molar-refractivity contribution in [3.63, 3.8) is 0 Å². The summed E-state index contributed by atoms with van der Waals surface area (Å²) < 4.78 is 8.87. The van der Waals surface area contributed by atoms with Crippen LogP contribution in [0.4, 0.5) is 0 Å². The molecular formula is C28H26ClN3O3Si. The average Bonchev–Trinajstić information content (AvgIpc) is 3.24. The fourth-order valence-corrected chi connectivity index (χ4v) is 9.54. The first-order valence-electron chi connectivity index (χ1n) is 11.7. The first kappa shape index (κ1) is 24.0. The Bertz CT molecular complexity index is 1420. The minimum atomic E-state index is -2.83. The highest BCUT2D eigenvalue weighted by molar-refractivity contribution is 7.00. The van der Waals surface area contributed by atoms with Crippen LogP contribution in [0.15, 0.2) is 90.2 Å². The molecule has 0 bridgehead atoms. The third-order valence-corrected chi connectivity index (χ3v) is 11.8. The molecule has 0 aliphatic carbocycles. The molecule has 1 aliphatic heterocycles. The zero-order valence-electron chi connectivity index (χ0n) is 20.3. The Morgan fingerprint density at radius 3 is 2.17 bits per heavy atom. The van der Waals surface area contributed by atoms with E-state index in [2.05, 4.69) is 79.3 Å². The number of halogens is 1. The highest BCUT2D eigenvalue weighted by Gasteiger charge is 2.52. The zero-order chi connectivity index (χ0) is 25.5. The van der Waals surface area contributed by atoms with Gasteiger partial charge in [0.25, 0.3) is 0 Å². The fraction of sp³-hybridized carbons (Fsp3) is 0.179. The van der Waals surface area contributed by atoms with Crippen molar-refractivity contribution in [1.29, 1.82) is 0 Å². The van der Waals surface area contributed by atoms with E-state index in [9.17, 15) is 9.90 Å². The molecule has 1 N–H and O–H groups in total. The van der Waals surface area contributed by atoms with Gasteiger partial charge in [0.1, 0.15) is 17.2 Å². The lowest BCUT2D eigenvalue weighted by atomic mass is 10.1. The summed E-state index contributed by atoms with van der Waals surface area (Å²) in [6, 6.07) is 26.5. The molecule has 0 radical (unpaired) electrons. The van der Waals surface area contributed by atoms with Crippen molar-refractivity contribution in [2.45, 2.75) is 32.4 Å². The molecule has 0 saturated heterocycles. The second-order valence-electron chi connectivity index (χ2n) is 9.77. The van der Waals surface area contributed by atoms with Crippen molar-refractivity contribution in [2.75, 3.05) is 0 Å². The number of imidazole rings is 1. The van der Waals surface area contributed by atoms with Gasteiger partial charge in [-0.1, -0.05) is 93.0 Å². The van der Waals surface area contributed by atoms with Gasteiger partial charge < -0.3 is 9.53 Å². The first-order valence-corrected chi connectivity index (χ1v) is 14.0. The molecule has 3 aromatic carbocycles. The Morgan fingerprint density at radius 2 is 1.61 bits per heavy atom. The highest BCUT2D eigenvalue weighted by Crippen LogP contribution is 2.38. The third kappa shape index (κ3) is 3.94. The van der Waals surface area contributed by atoms with Gasteiger partial charge in [-0.3, -0.25) is 9.56 Å². The SMILES string of the molecule is CC(C)(C)[Si](Oc1ccc2c(c1)C(Cl)=NCc1c(C(=O)O)ncn1-2)(c1ccccc1)c1ccccc1. The number of aromatic nitrogens is 2. The number of nitrogens with zero attached hydrogens (tertiary/aromatic N) is 3. The van der Waals surface area contributed by atoms with Gasteiger partial charge in [0.2, 0.25) is 0 Å². The smallest absolute Gasteiger partial charge is 0.356 e. The van der Waals surface area contributed by atoms with E-state index < -0.39 is 14.3 Å². The molecule has 4 aromatic rings. The molecule has 1 aliphatic rings. The number of aliphatic imine (C=N–C) groups is 1.